The fourth-order valence-electron chi connectivity index (χ4n) is 3.87. The minimum Gasteiger partial charge on any atom is -0.336 e. The van der Waals surface area contributed by atoms with Gasteiger partial charge in [0.25, 0.3) is 0 Å². The predicted molar refractivity (Wildman–Crippen MR) is 92.7 cm³/mol. The molecule has 1 aromatic heterocycles. The molecule has 2 aliphatic heterocycles. The van der Waals surface area contributed by atoms with Crippen molar-refractivity contribution >= 4 is 6.03 Å². The molecule has 7 nitrogen and oxygen atoms in total. The highest BCUT2D eigenvalue weighted by Gasteiger charge is 2.24. The maximum atomic E-state index is 12.4. The summed E-state index contributed by atoms with van der Waals surface area (Å²) in [5.41, 5.74) is 0. The first-order valence-corrected chi connectivity index (χ1v) is 9.22. The van der Waals surface area contributed by atoms with Gasteiger partial charge in [0.15, 0.2) is 5.82 Å². The zero-order chi connectivity index (χ0) is 17.1. The lowest BCUT2D eigenvalue weighted by molar-refractivity contribution is 0.112. The second-order valence-corrected chi connectivity index (χ2v) is 7.26. The Bertz CT molecular complexity index is 571. The summed E-state index contributed by atoms with van der Waals surface area (Å²) in [4.78, 5) is 16.6. The zero-order valence-electron chi connectivity index (χ0n) is 15.2. The molecule has 24 heavy (non-hydrogen) atoms. The van der Waals surface area contributed by atoms with E-state index in [0.29, 0.717) is 25.2 Å². The molecule has 2 atom stereocenters. The minimum absolute atomic E-state index is 0.0399. The Kier molecular flexibility index (Phi) is 5.38. The van der Waals surface area contributed by atoms with Crippen LogP contribution >= 0.6 is 0 Å². The average Bonchev–Trinajstić information content (AvgIpc) is 3.17. The Hall–Kier alpha value is -1.63. The van der Waals surface area contributed by atoms with Crippen LogP contribution in [-0.2, 0) is 19.5 Å². The number of hydrogen-bond donors (Lipinski definition) is 1. The van der Waals surface area contributed by atoms with Crippen molar-refractivity contribution in [2.45, 2.75) is 71.1 Å². The lowest BCUT2D eigenvalue weighted by atomic mass is 10.0. The standard InChI is InChI=1S/C17H30N6O/c1-13-7-4-5-9-22(13)14(2)11-18-17(24)21(3)12-16-20-19-15-8-6-10-23(15)16/h13-14H,4-12H2,1-3H3,(H,18,24). The van der Waals surface area contributed by atoms with Crippen LogP contribution in [0.15, 0.2) is 0 Å². The Balaban J connectivity index is 1.47. The quantitative estimate of drug-likeness (QED) is 0.889. The van der Waals surface area contributed by atoms with Crippen molar-refractivity contribution in [3.63, 3.8) is 0 Å². The Morgan fingerprint density at radius 3 is 2.96 bits per heavy atom. The van der Waals surface area contributed by atoms with Crippen LogP contribution in [0, 0.1) is 0 Å². The molecular weight excluding hydrogens is 304 g/mol. The number of rotatable bonds is 5. The number of carbonyl (C=O) groups excluding carboxylic acids is 1. The largest absolute Gasteiger partial charge is 0.336 e. The molecule has 2 aliphatic rings. The summed E-state index contributed by atoms with van der Waals surface area (Å²) in [6, 6.07) is 0.943. The summed E-state index contributed by atoms with van der Waals surface area (Å²) in [5, 5.41) is 11.5. The van der Waals surface area contributed by atoms with Crippen LogP contribution < -0.4 is 5.32 Å². The number of nitrogens with one attached hydrogen (secondary N) is 1. The van der Waals surface area contributed by atoms with Crippen LogP contribution in [0.4, 0.5) is 4.79 Å². The van der Waals surface area contributed by atoms with Gasteiger partial charge in [-0.3, -0.25) is 4.90 Å². The van der Waals surface area contributed by atoms with Gasteiger partial charge in [-0.05, 0) is 39.7 Å². The first kappa shape index (κ1) is 17.2. The van der Waals surface area contributed by atoms with Crippen molar-refractivity contribution in [1.29, 1.82) is 0 Å². The lowest BCUT2D eigenvalue weighted by Gasteiger charge is -2.38. The molecule has 1 aromatic rings. The number of urea groups is 1. The van der Waals surface area contributed by atoms with Crippen LogP contribution in [0.2, 0.25) is 0 Å². The summed E-state index contributed by atoms with van der Waals surface area (Å²) in [7, 11) is 1.82. The topological polar surface area (TPSA) is 66.3 Å². The van der Waals surface area contributed by atoms with Gasteiger partial charge in [-0.2, -0.15) is 0 Å². The van der Waals surface area contributed by atoms with Crippen LogP contribution in [0.1, 0.15) is 51.2 Å². The third-order valence-corrected chi connectivity index (χ3v) is 5.38. The highest BCUT2D eigenvalue weighted by Crippen LogP contribution is 2.19. The van der Waals surface area contributed by atoms with E-state index in [1.807, 2.05) is 7.05 Å². The molecule has 2 amide bonds. The summed E-state index contributed by atoms with van der Waals surface area (Å²) in [5.74, 6) is 1.93. The van der Waals surface area contributed by atoms with Crippen molar-refractivity contribution in [3.8, 4) is 0 Å². The minimum atomic E-state index is -0.0399. The Morgan fingerprint density at radius 1 is 1.33 bits per heavy atom. The van der Waals surface area contributed by atoms with Crippen LogP contribution in [0.3, 0.4) is 0 Å². The van der Waals surface area contributed by atoms with E-state index in [-0.39, 0.29) is 6.03 Å². The molecule has 1 saturated heterocycles. The first-order chi connectivity index (χ1) is 11.6. The number of aryl methyl sites for hydroxylation is 1. The van der Waals surface area contributed by atoms with Gasteiger partial charge >= 0.3 is 6.03 Å². The number of carbonyl (C=O) groups is 1. The number of nitrogens with zero attached hydrogens (tertiary/aromatic N) is 5. The maximum Gasteiger partial charge on any atom is 0.317 e. The van der Waals surface area contributed by atoms with Crippen molar-refractivity contribution in [1.82, 2.24) is 29.9 Å². The summed E-state index contributed by atoms with van der Waals surface area (Å²) in [6.45, 7) is 7.79. The number of piperidine rings is 1. The zero-order valence-corrected chi connectivity index (χ0v) is 15.2. The van der Waals surface area contributed by atoms with Gasteiger partial charge < -0.3 is 14.8 Å². The van der Waals surface area contributed by atoms with E-state index in [1.54, 1.807) is 4.90 Å². The SMILES string of the molecule is CC1CCCCN1C(C)CNC(=O)N(C)Cc1nnc2n1CCC2. The summed E-state index contributed by atoms with van der Waals surface area (Å²) >= 11 is 0. The van der Waals surface area contributed by atoms with Crippen LogP contribution in [0.5, 0.6) is 0 Å². The molecule has 0 aliphatic carbocycles. The molecule has 0 saturated carbocycles. The van der Waals surface area contributed by atoms with E-state index in [4.69, 9.17) is 0 Å². The number of fused-ring (bicyclic) bond motifs is 1. The molecule has 0 bridgehead atoms. The molecule has 2 unspecified atom stereocenters. The predicted octanol–water partition coefficient (Wildman–Crippen LogP) is 1.63. The van der Waals surface area contributed by atoms with Crippen molar-refractivity contribution in [3.05, 3.63) is 11.6 Å². The number of aromatic nitrogens is 3. The molecule has 1 fully saturated rings. The molecule has 3 rings (SSSR count). The fraction of sp³-hybridized carbons (Fsp3) is 0.824. The van der Waals surface area contributed by atoms with Gasteiger partial charge in [-0.25, -0.2) is 4.79 Å². The van der Waals surface area contributed by atoms with Gasteiger partial charge in [0, 0.05) is 38.6 Å². The first-order valence-electron chi connectivity index (χ1n) is 9.22. The molecule has 0 aromatic carbocycles. The van der Waals surface area contributed by atoms with E-state index in [2.05, 4.69) is 38.8 Å². The fourth-order valence-corrected chi connectivity index (χ4v) is 3.87. The third-order valence-electron chi connectivity index (χ3n) is 5.38. The molecule has 3 heterocycles. The van der Waals surface area contributed by atoms with Gasteiger partial charge in [-0.15, -0.1) is 10.2 Å². The smallest absolute Gasteiger partial charge is 0.317 e. The van der Waals surface area contributed by atoms with E-state index < -0.39 is 0 Å². The molecule has 7 heteroatoms. The van der Waals surface area contributed by atoms with Crippen molar-refractivity contribution in [2.24, 2.45) is 0 Å². The highest BCUT2D eigenvalue weighted by atomic mass is 16.2. The average molecular weight is 334 g/mol. The summed E-state index contributed by atoms with van der Waals surface area (Å²) in [6.07, 6.45) is 5.96. The molecule has 134 valence electrons. The number of likely N-dealkylation sites (tertiary alicyclic amines) is 1. The van der Waals surface area contributed by atoms with E-state index in [0.717, 1.165) is 37.6 Å². The van der Waals surface area contributed by atoms with Gasteiger partial charge in [-0.1, -0.05) is 6.42 Å². The van der Waals surface area contributed by atoms with Crippen LogP contribution in [0.25, 0.3) is 0 Å². The van der Waals surface area contributed by atoms with Gasteiger partial charge in [0.2, 0.25) is 0 Å². The molecule has 0 spiro atoms. The van der Waals surface area contributed by atoms with E-state index >= 15 is 0 Å². The Labute approximate surface area is 144 Å². The third kappa shape index (κ3) is 3.71. The lowest BCUT2D eigenvalue weighted by Crippen LogP contribution is -2.50. The monoisotopic (exact) mass is 334 g/mol. The van der Waals surface area contributed by atoms with Crippen molar-refractivity contribution < 1.29 is 4.79 Å². The highest BCUT2D eigenvalue weighted by molar-refractivity contribution is 5.73. The maximum absolute atomic E-state index is 12.4. The molecule has 1 N–H and O–H groups in total. The normalized spacial score (nSPS) is 22.2. The second kappa shape index (κ2) is 7.51. The molecular formula is C17H30N6O. The van der Waals surface area contributed by atoms with Crippen molar-refractivity contribution in [2.75, 3.05) is 20.1 Å². The van der Waals surface area contributed by atoms with Crippen LogP contribution in [-0.4, -0.2) is 62.8 Å². The van der Waals surface area contributed by atoms with E-state index in [1.165, 1.54) is 19.3 Å². The van der Waals surface area contributed by atoms with Gasteiger partial charge in [0.05, 0.1) is 6.54 Å². The van der Waals surface area contributed by atoms with Gasteiger partial charge in [0.1, 0.15) is 5.82 Å². The Morgan fingerprint density at radius 2 is 2.17 bits per heavy atom. The van der Waals surface area contributed by atoms with E-state index in [9.17, 15) is 4.79 Å². The number of amides is 2. The second-order valence-electron chi connectivity index (χ2n) is 7.26. The summed E-state index contributed by atoms with van der Waals surface area (Å²) < 4.78 is 2.14. The molecule has 0 radical (unpaired) electrons. The number of hydrogen-bond acceptors (Lipinski definition) is 4.